The van der Waals surface area contributed by atoms with Gasteiger partial charge in [0.25, 0.3) is 5.91 Å². The van der Waals surface area contributed by atoms with Gasteiger partial charge in [0.1, 0.15) is 5.69 Å². The van der Waals surface area contributed by atoms with Gasteiger partial charge in [-0.1, -0.05) is 0 Å². The molecular formula is C12H17N3OS. The Morgan fingerprint density at radius 1 is 1.47 bits per heavy atom. The molecule has 3 rings (SSSR count). The third kappa shape index (κ3) is 1.87. The summed E-state index contributed by atoms with van der Waals surface area (Å²) >= 11 is 1.54. The number of nitrogens with zero attached hydrogens (tertiary/aromatic N) is 2. The summed E-state index contributed by atoms with van der Waals surface area (Å²) in [5.74, 6) is 0.105. The Hall–Kier alpha value is -0.940. The molecule has 1 aromatic rings. The zero-order chi connectivity index (χ0) is 12.0. The molecule has 92 valence electrons. The Bertz CT molecular complexity index is 431. The van der Waals surface area contributed by atoms with Crippen molar-refractivity contribution in [1.82, 2.24) is 9.88 Å². The average Bonchev–Trinajstić information content (AvgIpc) is 2.81. The van der Waals surface area contributed by atoms with Gasteiger partial charge in [-0.25, -0.2) is 4.98 Å². The van der Waals surface area contributed by atoms with Crippen molar-refractivity contribution in [2.24, 2.45) is 5.73 Å². The van der Waals surface area contributed by atoms with Gasteiger partial charge in [0, 0.05) is 23.5 Å². The van der Waals surface area contributed by atoms with Crippen LogP contribution in [0.5, 0.6) is 0 Å². The van der Waals surface area contributed by atoms with Crippen LogP contribution in [0.2, 0.25) is 0 Å². The number of rotatable bonds is 1. The van der Waals surface area contributed by atoms with Gasteiger partial charge in [0.2, 0.25) is 0 Å². The highest BCUT2D eigenvalue weighted by atomic mass is 32.1. The van der Waals surface area contributed by atoms with E-state index in [1.165, 1.54) is 11.3 Å². The molecule has 0 radical (unpaired) electrons. The second kappa shape index (κ2) is 4.07. The Morgan fingerprint density at radius 2 is 2.12 bits per heavy atom. The number of carbonyl (C=O) groups excluding carboxylic acids is 1. The molecule has 2 fully saturated rings. The molecule has 4 nitrogen and oxygen atoms in total. The van der Waals surface area contributed by atoms with E-state index in [1.807, 2.05) is 17.2 Å². The van der Waals surface area contributed by atoms with Crippen LogP contribution >= 0.6 is 11.3 Å². The van der Waals surface area contributed by atoms with Gasteiger partial charge >= 0.3 is 0 Å². The van der Waals surface area contributed by atoms with Crippen LogP contribution in [0, 0.1) is 6.92 Å². The third-order valence-corrected chi connectivity index (χ3v) is 4.62. The molecule has 2 unspecified atom stereocenters. The Kier molecular flexibility index (Phi) is 2.67. The van der Waals surface area contributed by atoms with Crippen LogP contribution in [0.4, 0.5) is 0 Å². The number of aromatic nitrogens is 1. The number of aryl methyl sites for hydroxylation is 1. The maximum atomic E-state index is 12.4. The molecule has 2 bridgehead atoms. The standard InChI is InChI=1S/C12H17N3OS/c1-7-14-11(6-17-7)12(16)15-9-2-3-10(15)5-8(13)4-9/h6,8-10H,2-5,13H2,1H3. The minimum absolute atomic E-state index is 0.105. The number of piperidine rings is 1. The molecule has 2 saturated heterocycles. The molecule has 2 aliphatic heterocycles. The van der Waals surface area contributed by atoms with Crippen LogP contribution in [0.25, 0.3) is 0 Å². The van der Waals surface area contributed by atoms with Gasteiger partial charge in [-0.2, -0.15) is 0 Å². The first-order valence-electron chi connectivity index (χ1n) is 6.15. The van der Waals surface area contributed by atoms with Gasteiger partial charge in [-0.3, -0.25) is 4.79 Å². The molecular weight excluding hydrogens is 234 g/mol. The van der Waals surface area contributed by atoms with E-state index in [4.69, 9.17) is 5.73 Å². The third-order valence-electron chi connectivity index (χ3n) is 3.84. The molecule has 5 heteroatoms. The lowest BCUT2D eigenvalue weighted by Crippen LogP contribution is -2.50. The molecule has 2 N–H and O–H groups in total. The first kappa shape index (κ1) is 11.2. The monoisotopic (exact) mass is 251 g/mol. The van der Waals surface area contributed by atoms with E-state index >= 15 is 0 Å². The van der Waals surface area contributed by atoms with E-state index in [0.29, 0.717) is 17.8 Å². The fourth-order valence-electron chi connectivity index (χ4n) is 3.14. The summed E-state index contributed by atoms with van der Waals surface area (Å²) in [6.45, 7) is 1.93. The van der Waals surface area contributed by atoms with Crippen LogP contribution in [0.15, 0.2) is 5.38 Å². The van der Waals surface area contributed by atoms with Crippen molar-refractivity contribution >= 4 is 17.2 Å². The molecule has 2 atom stereocenters. The van der Waals surface area contributed by atoms with Crippen LogP contribution < -0.4 is 5.73 Å². The maximum Gasteiger partial charge on any atom is 0.273 e. The highest BCUT2D eigenvalue weighted by Crippen LogP contribution is 2.36. The predicted molar refractivity (Wildman–Crippen MR) is 67.0 cm³/mol. The molecule has 1 aromatic heterocycles. The van der Waals surface area contributed by atoms with Crippen LogP contribution in [0.1, 0.15) is 41.2 Å². The number of hydrogen-bond acceptors (Lipinski definition) is 4. The van der Waals surface area contributed by atoms with Crippen LogP contribution in [-0.4, -0.2) is 33.9 Å². The van der Waals surface area contributed by atoms with Gasteiger partial charge in [-0.05, 0) is 32.6 Å². The predicted octanol–water partition coefficient (Wildman–Crippen LogP) is 1.55. The minimum atomic E-state index is 0.105. The number of carbonyl (C=O) groups is 1. The molecule has 2 aliphatic rings. The van der Waals surface area contributed by atoms with E-state index in [0.717, 1.165) is 30.7 Å². The highest BCUT2D eigenvalue weighted by Gasteiger charge is 2.42. The lowest BCUT2D eigenvalue weighted by Gasteiger charge is -2.37. The van der Waals surface area contributed by atoms with Crippen molar-refractivity contribution < 1.29 is 4.79 Å². The van der Waals surface area contributed by atoms with Crippen LogP contribution in [-0.2, 0) is 0 Å². The summed E-state index contributed by atoms with van der Waals surface area (Å²) in [6, 6.07) is 0.963. The van der Waals surface area contributed by atoms with Gasteiger partial charge in [0.15, 0.2) is 0 Å². The molecule has 0 spiro atoms. The summed E-state index contributed by atoms with van der Waals surface area (Å²) < 4.78 is 0. The van der Waals surface area contributed by atoms with Crippen LogP contribution in [0.3, 0.4) is 0 Å². The summed E-state index contributed by atoms with van der Waals surface area (Å²) in [6.07, 6.45) is 4.11. The number of amides is 1. The zero-order valence-electron chi connectivity index (χ0n) is 9.93. The number of fused-ring (bicyclic) bond motifs is 2. The lowest BCUT2D eigenvalue weighted by molar-refractivity contribution is 0.0569. The Balaban J connectivity index is 1.83. The molecule has 0 aromatic carbocycles. The van der Waals surface area contributed by atoms with Crippen molar-refractivity contribution in [3.63, 3.8) is 0 Å². The minimum Gasteiger partial charge on any atom is -0.331 e. The second-order valence-electron chi connectivity index (χ2n) is 5.08. The van der Waals surface area contributed by atoms with E-state index in [-0.39, 0.29) is 11.9 Å². The summed E-state index contributed by atoms with van der Waals surface area (Å²) in [4.78, 5) is 18.7. The van der Waals surface area contributed by atoms with Crippen molar-refractivity contribution in [3.8, 4) is 0 Å². The van der Waals surface area contributed by atoms with E-state index in [2.05, 4.69) is 4.98 Å². The fourth-order valence-corrected chi connectivity index (χ4v) is 3.73. The quantitative estimate of drug-likeness (QED) is 0.823. The maximum absolute atomic E-state index is 12.4. The highest BCUT2D eigenvalue weighted by molar-refractivity contribution is 7.09. The van der Waals surface area contributed by atoms with E-state index in [1.54, 1.807) is 0 Å². The van der Waals surface area contributed by atoms with Crippen molar-refractivity contribution in [1.29, 1.82) is 0 Å². The second-order valence-corrected chi connectivity index (χ2v) is 6.14. The molecule has 1 amide bonds. The molecule has 0 saturated carbocycles. The summed E-state index contributed by atoms with van der Waals surface area (Å²) in [7, 11) is 0. The lowest BCUT2D eigenvalue weighted by atomic mass is 9.98. The first-order valence-corrected chi connectivity index (χ1v) is 7.03. The average molecular weight is 251 g/mol. The largest absolute Gasteiger partial charge is 0.331 e. The number of hydrogen-bond donors (Lipinski definition) is 1. The van der Waals surface area contributed by atoms with E-state index < -0.39 is 0 Å². The van der Waals surface area contributed by atoms with Crippen molar-refractivity contribution in [2.45, 2.75) is 50.7 Å². The van der Waals surface area contributed by atoms with Gasteiger partial charge in [-0.15, -0.1) is 11.3 Å². The van der Waals surface area contributed by atoms with Gasteiger partial charge < -0.3 is 10.6 Å². The van der Waals surface area contributed by atoms with E-state index in [9.17, 15) is 4.79 Å². The molecule has 17 heavy (non-hydrogen) atoms. The smallest absolute Gasteiger partial charge is 0.273 e. The topological polar surface area (TPSA) is 59.2 Å². The molecule has 3 heterocycles. The Morgan fingerprint density at radius 3 is 2.65 bits per heavy atom. The summed E-state index contributed by atoms with van der Waals surface area (Å²) in [5.41, 5.74) is 6.62. The molecule has 0 aliphatic carbocycles. The van der Waals surface area contributed by atoms with Crippen molar-refractivity contribution in [3.05, 3.63) is 16.1 Å². The summed E-state index contributed by atoms with van der Waals surface area (Å²) in [5, 5.41) is 2.82. The van der Waals surface area contributed by atoms with Gasteiger partial charge in [0.05, 0.1) is 5.01 Å². The zero-order valence-corrected chi connectivity index (χ0v) is 10.7. The fraction of sp³-hybridized carbons (Fsp3) is 0.667. The normalized spacial score (nSPS) is 31.9. The number of thiazole rings is 1. The SMILES string of the molecule is Cc1nc(C(=O)N2C3CCC2CC(N)C3)cs1. The number of nitrogens with two attached hydrogens (primary N) is 1. The Labute approximate surface area is 105 Å². The van der Waals surface area contributed by atoms with Crippen molar-refractivity contribution in [2.75, 3.05) is 0 Å². The first-order chi connectivity index (χ1) is 8.15.